The predicted octanol–water partition coefficient (Wildman–Crippen LogP) is 1.54. The molecule has 56 valence electrons. The molecule has 2 heteroatoms. The number of hydrogen-bond donors (Lipinski definition) is 0. The van der Waals surface area contributed by atoms with Gasteiger partial charge in [0, 0.05) is 0 Å². The summed E-state index contributed by atoms with van der Waals surface area (Å²) in [6.45, 7) is 1.02. The summed E-state index contributed by atoms with van der Waals surface area (Å²) in [4.78, 5) is 0. The van der Waals surface area contributed by atoms with Crippen LogP contribution in [-0.4, -0.2) is 13.2 Å². The average Bonchev–Trinajstić information content (AvgIpc) is 2.28. The molecule has 11 heavy (non-hydrogen) atoms. The third-order valence-corrected chi connectivity index (χ3v) is 1.51. The van der Waals surface area contributed by atoms with Gasteiger partial charge >= 0.3 is 0 Å². The molecule has 0 amide bonds. The first-order valence-corrected chi connectivity index (χ1v) is 3.52. The zero-order chi connectivity index (χ0) is 7.52. The molecule has 1 heterocycles. The Bertz CT molecular complexity index is 220. The Balaban J connectivity index is 2.33. The summed E-state index contributed by atoms with van der Waals surface area (Å²) in [7, 11) is 0. The minimum absolute atomic E-state index is 0.511. The molecular weight excluding hydrogens is 140 g/mol. The molecule has 0 N–H and O–H groups in total. The van der Waals surface area contributed by atoms with Crippen LogP contribution in [0.1, 0.15) is 0 Å². The van der Waals surface area contributed by atoms with Gasteiger partial charge in [-0.2, -0.15) is 0 Å². The van der Waals surface area contributed by atoms with E-state index < -0.39 is 0 Å². The largest absolute Gasteiger partial charge is 0.489 e. The van der Waals surface area contributed by atoms with Crippen molar-refractivity contribution in [1.29, 1.82) is 0 Å². The van der Waals surface area contributed by atoms with Crippen molar-refractivity contribution >= 4 is 0 Å². The van der Waals surface area contributed by atoms with Gasteiger partial charge in [0.2, 0.25) is 0 Å². The molecule has 0 saturated heterocycles. The highest BCUT2D eigenvalue weighted by Gasteiger charge is 2.07. The first kappa shape index (κ1) is 6.53. The predicted molar refractivity (Wildman–Crippen MR) is 40.7 cm³/mol. The summed E-state index contributed by atoms with van der Waals surface area (Å²) in [5.74, 6) is 1.61. The maximum absolute atomic E-state index is 5.31. The Labute approximate surface area is 65.7 Å². The highest BCUT2D eigenvalue weighted by molar-refractivity contribution is 5.40. The molecule has 0 bridgehead atoms. The Kier molecular flexibility index (Phi) is 1.68. The number of ether oxygens (including phenoxy) is 2. The molecule has 2 radical (unpaired) electrons. The number of para-hydroxylation sites is 2. The van der Waals surface area contributed by atoms with Gasteiger partial charge in [0.1, 0.15) is 0 Å². The van der Waals surface area contributed by atoms with E-state index in [4.69, 9.17) is 9.47 Å². The summed E-state index contributed by atoms with van der Waals surface area (Å²) in [6, 6.07) is 7.63. The third kappa shape index (κ3) is 1.29. The fourth-order valence-electron chi connectivity index (χ4n) is 0.988. The van der Waals surface area contributed by atoms with E-state index in [0.717, 1.165) is 11.5 Å². The molecule has 0 spiro atoms. The van der Waals surface area contributed by atoms with E-state index in [1.54, 1.807) is 0 Å². The van der Waals surface area contributed by atoms with Crippen molar-refractivity contribution in [2.45, 2.75) is 0 Å². The Morgan fingerprint density at radius 3 is 2.09 bits per heavy atom. The molecule has 0 unspecified atom stereocenters. The summed E-state index contributed by atoms with van der Waals surface area (Å²) in [5, 5.41) is 0. The van der Waals surface area contributed by atoms with E-state index in [2.05, 4.69) is 6.42 Å². The third-order valence-electron chi connectivity index (χ3n) is 1.51. The monoisotopic (exact) mass is 148 g/mol. The number of rotatable bonds is 0. The van der Waals surface area contributed by atoms with Gasteiger partial charge in [0.25, 0.3) is 0 Å². The molecule has 0 aliphatic carbocycles. The summed E-state index contributed by atoms with van der Waals surface area (Å²) < 4.78 is 10.6. The second-order valence-corrected chi connectivity index (χ2v) is 2.27. The van der Waals surface area contributed by atoms with Crippen molar-refractivity contribution < 1.29 is 9.47 Å². The molecule has 1 aromatic carbocycles. The van der Waals surface area contributed by atoms with Crippen molar-refractivity contribution in [3.8, 4) is 11.5 Å². The van der Waals surface area contributed by atoms with Crippen molar-refractivity contribution in [2.75, 3.05) is 13.2 Å². The molecule has 0 saturated carbocycles. The zero-order valence-corrected chi connectivity index (χ0v) is 6.04. The van der Waals surface area contributed by atoms with Crippen LogP contribution >= 0.6 is 0 Å². The van der Waals surface area contributed by atoms with Crippen molar-refractivity contribution in [3.05, 3.63) is 30.7 Å². The fraction of sp³-hybridized carbons (Fsp3) is 0.222. The van der Waals surface area contributed by atoms with Gasteiger partial charge in [-0.05, 0) is 12.1 Å². The van der Waals surface area contributed by atoms with Gasteiger partial charge in [-0.25, -0.2) is 0 Å². The molecule has 1 aromatic rings. The minimum Gasteiger partial charge on any atom is -0.489 e. The van der Waals surface area contributed by atoms with Crippen molar-refractivity contribution in [1.82, 2.24) is 0 Å². The highest BCUT2D eigenvalue weighted by atomic mass is 16.5. The molecular formula is C9H8O2. The normalized spacial score (nSPS) is 15.6. The summed E-state index contributed by atoms with van der Waals surface area (Å²) in [6.07, 6.45) is 2.95. The van der Waals surface area contributed by atoms with E-state index >= 15 is 0 Å². The van der Waals surface area contributed by atoms with E-state index in [-0.39, 0.29) is 0 Å². The Hall–Kier alpha value is -1.18. The maximum Gasteiger partial charge on any atom is 0.161 e. The lowest BCUT2D eigenvalue weighted by Gasteiger charge is -2.04. The highest BCUT2D eigenvalue weighted by Crippen LogP contribution is 2.27. The number of fused-ring (bicyclic) bond motifs is 1. The summed E-state index contributed by atoms with van der Waals surface area (Å²) in [5.41, 5.74) is 0. The SMILES string of the molecule is [C]1COc2ccccc2OC1. The van der Waals surface area contributed by atoms with E-state index in [9.17, 15) is 0 Å². The molecule has 1 aliphatic rings. The lowest BCUT2D eigenvalue weighted by atomic mass is 10.3. The molecule has 2 rings (SSSR count). The van der Waals surface area contributed by atoms with Gasteiger partial charge in [-0.3, -0.25) is 0 Å². The van der Waals surface area contributed by atoms with E-state index in [1.165, 1.54) is 0 Å². The topological polar surface area (TPSA) is 18.5 Å². The minimum atomic E-state index is 0.511. The van der Waals surface area contributed by atoms with Crippen LogP contribution in [-0.2, 0) is 0 Å². The van der Waals surface area contributed by atoms with E-state index in [1.807, 2.05) is 24.3 Å². The van der Waals surface area contributed by atoms with Crippen LogP contribution in [0.15, 0.2) is 24.3 Å². The quantitative estimate of drug-likeness (QED) is 0.555. The van der Waals surface area contributed by atoms with E-state index in [0.29, 0.717) is 13.2 Å². The lowest BCUT2D eigenvalue weighted by molar-refractivity contribution is 0.353. The zero-order valence-electron chi connectivity index (χ0n) is 6.04. The fourth-order valence-corrected chi connectivity index (χ4v) is 0.988. The van der Waals surface area contributed by atoms with Crippen LogP contribution in [0.3, 0.4) is 0 Å². The standard InChI is InChI=1S/C9H8O2/c1-2-5-9-8(4-1)10-6-3-7-11-9/h1-2,4-5H,6-7H2. The molecule has 0 atom stereocenters. The van der Waals surface area contributed by atoms with Crippen molar-refractivity contribution in [2.24, 2.45) is 0 Å². The summed E-state index contributed by atoms with van der Waals surface area (Å²) >= 11 is 0. The van der Waals surface area contributed by atoms with Crippen LogP contribution in [0, 0.1) is 6.42 Å². The maximum atomic E-state index is 5.31. The first-order chi connectivity index (χ1) is 5.47. The van der Waals surface area contributed by atoms with Crippen LogP contribution in [0.25, 0.3) is 0 Å². The molecule has 1 aliphatic heterocycles. The van der Waals surface area contributed by atoms with Crippen LogP contribution in [0.4, 0.5) is 0 Å². The van der Waals surface area contributed by atoms with Gasteiger partial charge < -0.3 is 9.47 Å². The molecule has 2 nitrogen and oxygen atoms in total. The van der Waals surface area contributed by atoms with Gasteiger partial charge in [-0.1, -0.05) is 12.1 Å². The van der Waals surface area contributed by atoms with Crippen molar-refractivity contribution in [3.63, 3.8) is 0 Å². The average molecular weight is 148 g/mol. The van der Waals surface area contributed by atoms with Crippen LogP contribution in [0.2, 0.25) is 0 Å². The van der Waals surface area contributed by atoms with Gasteiger partial charge in [0.05, 0.1) is 19.6 Å². The number of hydrogen-bond acceptors (Lipinski definition) is 2. The van der Waals surface area contributed by atoms with Crippen LogP contribution < -0.4 is 9.47 Å². The molecule has 0 fully saturated rings. The van der Waals surface area contributed by atoms with Gasteiger partial charge in [0.15, 0.2) is 11.5 Å². The smallest absolute Gasteiger partial charge is 0.161 e. The van der Waals surface area contributed by atoms with Crippen LogP contribution in [0.5, 0.6) is 11.5 Å². The first-order valence-electron chi connectivity index (χ1n) is 3.52. The Morgan fingerprint density at radius 2 is 1.55 bits per heavy atom. The lowest BCUT2D eigenvalue weighted by Crippen LogP contribution is -1.98. The number of benzene rings is 1. The molecule has 0 aromatic heterocycles. The second kappa shape index (κ2) is 2.82. The second-order valence-electron chi connectivity index (χ2n) is 2.27. The Morgan fingerprint density at radius 1 is 1.00 bits per heavy atom. The van der Waals surface area contributed by atoms with Gasteiger partial charge in [-0.15, -0.1) is 0 Å².